The fraction of sp³-hybridized carbons (Fsp3) is 0.190. The summed E-state index contributed by atoms with van der Waals surface area (Å²) in [5.74, 6) is 1.82. The van der Waals surface area contributed by atoms with Gasteiger partial charge < -0.3 is 19.4 Å². The summed E-state index contributed by atoms with van der Waals surface area (Å²) < 4.78 is 12.4. The second-order valence-corrected chi connectivity index (χ2v) is 6.01. The first-order valence-electron chi connectivity index (χ1n) is 8.35. The van der Waals surface area contributed by atoms with Crippen LogP contribution in [0.25, 0.3) is 0 Å². The molecule has 0 atom stereocenters. The number of aromatic nitrogens is 1. The van der Waals surface area contributed by atoms with Crippen molar-refractivity contribution in [3.8, 4) is 11.5 Å². The van der Waals surface area contributed by atoms with Crippen LogP contribution in [-0.2, 0) is 6.54 Å². The minimum atomic E-state index is -0.162. The fourth-order valence-corrected chi connectivity index (χ4v) is 2.77. The van der Waals surface area contributed by atoms with Gasteiger partial charge >= 0.3 is 0 Å². The van der Waals surface area contributed by atoms with Crippen LogP contribution in [-0.4, -0.2) is 18.8 Å². The summed E-state index contributed by atoms with van der Waals surface area (Å²) >= 11 is 0. The molecule has 5 nitrogen and oxygen atoms in total. The van der Waals surface area contributed by atoms with Crippen LogP contribution < -0.4 is 20.2 Å². The zero-order valence-electron chi connectivity index (χ0n) is 15.2. The van der Waals surface area contributed by atoms with Crippen molar-refractivity contribution in [3.63, 3.8) is 0 Å². The Morgan fingerprint density at radius 3 is 2.42 bits per heavy atom. The molecule has 26 heavy (non-hydrogen) atoms. The highest BCUT2D eigenvalue weighted by atomic mass is 16.5. The molecule has 134 valence electrons. The molecule has 0 radical (unpaired) electrons. The topological polar surface area (TPSA) is 52.5 Å². The van der Waals surface area contributed by atoms with Crippen molar-refractivity contribution in [2.75, 3.05) is 19.5 Å². The van der Waals surface area contributed by atoms with Crippen molar-refractivity contribution in [2.24, 2.45) is 0 Å². The number of rotatable bonds is 6. The average molecular weight is 350 g/mol. The third-order valence-electron chi connectivity index (χ3n) is 4.21. The van der Waals surface area contributed by atoms with Crippen molar-refractivity contribution >= 4 is 11.5 Å². The number of nitrogens with one attached hydrogen (secondary N) is 1. The molecule has 0 bridgehead atoms. The van der Waals surface area contributed by atoms with Gasteiger partial charge in [0.1, 0.15) is 11.6 Å². The highest BCUT2D eigenvalue weighted by Crippen LogP contribution is 2.25. The quantitative estimate of drug-likeness (QED) is 0.731. The normalized spacial score (nSPS) is 10.4. The Hall–Kier alpha value is -3.21. The molecule has 3 rings (SSSR count). The number of aryl methyl sites for hydroxylation is 1. The lowest BCUT2D eigenvalue weighted by molar-refractivity contribution is 0.406. The number of methoxy groups -OCH3 is 2. The molecular weight excluding hydrogens is 328 g/mol. The Labute approximate surface area is 152 Å². The summed E-state index contributed by atoms with van der Waals surface area (Å²) in [5, 5.41) is 3.36. The van der Waals surface area contributed by atoms with Crippen molar-refractivity contribution in [2.45, 2.75) is 13.5 Å². The molecule has 0 aliphatic rings. The van der Waals surface area contributed by atoms with E-state index in [0.29, 0.717) is 18.1 Å². The van der Waals surface area contributed by atoms with Crippen LogP contribution in [0.4, 0.5) is 11.5 Å². The summed E-state index contributed by atoms with van der Waals surface area (Å²) in [6, 6.07) is 17.4. The van der Waals surface area contributed by atoms with E-state index in [4.69, 9.17) is 9.47 Å². The lowest BCUT2D eigenvalue weighted by atomic mass is 10.2. The molecule has 0 saturated heterocycles. The van der Waals surface area contributed by atoms with Gasteiger partial charge in [-0.05, 0) is 36.2 Å². The van der Waals surface area contributed by atoms with Crippen LogP contribution in [0.5, 0.6) is 11.5 Å². The van der Waals surface area contributed by atoms with Gasteiger partial charge in [-0.15, -0.1) is 0 Å². The van der Waals surface area contributed by atoms with Gasteiger partial charge in [0.15, 0.2) is 5.75 Å². The molecule has 0 fully saturated rings. The Morgan fingerprint density at radius 2 is 1.77 bits per heavy atom. The van der Waals surface area contributed by atoms with E-state index >= 15 is 0 Å². The second kappa shape index (κ2) is 7.78. The Bertz CT molecular complexity index is 949. The van der Waals surface area contributed by atoms with Gasteiger partial charge in [0.25, 0.3) is 0 Å². The molecule has 0 saturated carbocycles. The van der Waals surface area contributed by atoms with E-state index in [2.05, 4.69) is 5.32 Å². The van der Waals surface area contributed by atoms with E-state index in [9.17, 15) is 4.79 Å². The molecule has 1 N–H and O–H groups in total. The predicted molar refractivity (Wildman–Crippen MR) is 104 cm³/mol. The van der Waals surface area contributed by atoms with Crippen LogP contribution in [0.2, 0.25) is 0 Å². The molecule has 0 aliphatic carbocycles. The predicted octanol–water partition coefficient (Wildman–Crippen LogP) is 3.97. The van der Waals surface area contributed by atoms with Gasteiger partial charge in [-0.25, -0.2) is 0 Å². The van der Waals surface area contributed by atoms with Gasteiger partial charge in [-0.1, -0.05) is 30.3 Å². The third kappa shape index (κ3) is 3.88. The minimum absolute atomic E-state index is 0.162. The fourth-order valence-electron chi connectivity index (χ4n) is 2.77. The van der Waals surface area contributed by atoms with Gasteiger partial charge in [0, 0.05) is 18.3 Å². The van der Waals surface area contributed by atoms with E-state index in [-0.39, 0.29) is 5.43 Å². The van der Waals surface area contributed by atoms with E-state index in [1.165, 1.54) is 7.11 Å². The van der Waals surface area contributed by atoms with E-state index in [0.717, 1.165) is 22.6 Å². The summed E-state index contributed by atoms with van der Waals surface area (Å²) in [4.78, 5) is 12.3. The molecule has 0 aliphatic heterocycles. The first-order valence-corrected chi connectivity index (χ1v) is 8.35. The van der Waals surface area contributed by atoms with Gasteiger partial charge in [-0.3, -0.25) is 4.79 Å². The van der Waals surface area contributed by atoms with Gasteiger partial charge in [0.2, 0.25) is 5.43 Å². The molecule has 0 amide bonds. The van der Waals surface area contributed by atoms with Crippen molar-refractivity contribution in [1.82, 2.24) is 4.57 Å². The van der Waals surface area contributed by atoms with Crippen LogP contribution in [0.1, 0.15) is 11.1 Å². The molecule has 3 aromatic rings. The molecule has 5 heteroatoms. The van der Waals surface area contributed by atoms with Gasteiger partial charge in [0.05, 0.1) is 20.4 Å². The van der Waals surface area contributed by atoms with Crippen LogP contribution in [0, 0.1) is 6.92 Å². The number of ether oxygens (including phenoxy) is 2. The number of hydrogen-bond acceptors (Lipinski definition) is 4. The molecular formula is C21H22N2O3. The first-order chi connectivity index (χ1) is 12.6. The van der Waals surface area contributed by atoms with Crippen LogP contribution in [0.3, 0.4) is 0 Å². The number of anilines is 2. The standard InChI is InChI=1S/C21H22N2O3/c1-15-11-17(25-2)9-10-18(15)22-21-12-19(24)20(26-3)14-23(21)13-16-7-5-4-6-8-16/h4-12,14,22H,13H2,1-3H3. The Morgan fingerprint density at radius 1 is 1.00 bits per heavy atom. The lowest BCUT2D eigenvalue weighted by Crippen LogP contribution is -2.14. The zero-order chi connectivity index (χ0) is 18.5. The van der Waals surface area contributed by atoms with E-state index in [1.54, 1.807) is 19.4 Å². The molecule has 0 spiro atoms. The van der Waals surface area contributed by atoms with E-state index < -0.39 is 0 Å². The minimum Gasteiger partial charge on any atom is -0.497 e. The number of pyridine rings is 1. The Balaban J connectivity index is 1.99. The molecule has 1 heterocycles. The summed E-state index contributed by atoms with van der Waals surface area (Å²) in [7, 11) is 3.15. The maximum atomic E-state index is 12.3. The highest BCUT2D eigenvalue weighted by molar-refractivity contribution is 5.62. The number of hydrogen-bond donors (Lipinski definition) is 1. The van der Waals surface area contributed by atoms with Gasteiger partial charge in [-0.2, -0.15) is 0 Å². The summed E-state index contributed by atoms with van der Waals surface area (Å²) in [6.07, 6.45) is 1.73. The largest absolute Gasteiger partial charge is 0.497 e. The van der Waals surface area contributed by atoms with Crippen molar-refractivity contribution in [3.05, 3.63) is 82.1 Å². The van der Waals surface area contributed by atoms with E-state index in [1.807, 2.05) is 60.0 Å². The maximum absolute atomic E-state index is 12.3. The lowest BCUT2D eigenvalue weighted by Gasteiger charge is -2.18. The van der Waals surface area contributed by atoms with Crippen molar-refractivity contribution < 1.29 is 9.47 Å². The Kier molecular flexibility index (Phi) is 5.27. The molecule has 0 unspecified atom stereocenters. The molecule has 1 aromatic heterocycles. The monoisotopic (exact) mass is 350 g/mol. The summed E-state index contributed by atoms with van der Waals surface area (Å²) in [6.45, 7) is 2.61. The highest BCUT2D eigenvalue weighted by Gasteiger charge is 2.10. The average Bonchev–Trinajstić information content (AvgIpc) is 2.66. The van der Waals surface area contributed by atoms with Crippen LogP contribution in [0.15, 0.2) is 65.6 Å². The number of nitrogens with zero attached hydrogens (tertiary/aromatic N) is 1. The smallest absolute Gasteiger partial charge is 0.225 e. The molecule has 2 aromatic carbocycles. The summed E-state index contributed by atoms with van der Waals surface area (Å²) in [5.41, 5.74) is 2.91. The zero-order valence-corrected chi connectivity index (χ0v) is 15.2. The third-order valence-corrected chi connectivity index (χ3v) is 4.21. The van der Waals surface area contributed by atoms with Crippen molar-refractivity contribution in [1.29, 1.82) is 0 Å². The van der Waals surface area contributed by atoms with Crippen LogP contribution >= 0.6 is 0 Å². The SMILES string of the molecule is COc1ccc(Nc2cc(=O)c(OC)cn2Cc2ccccc2)c(C)c1. The number of benzene rings is 2. The maximum Gasteiger partial charge on any atom is 0.225 e. The first kappa shape index (κ1) is 17.6. The second-order valence-electron chi connectivity index (χ2n) is 6.01.